The summed E-state index contributed by atoms with van der Waals surface area (Å²) in [4.78, 5) is 25.8. The minimum absolute atomic E-state index is 0.0267. The molecule has 2 amide bonds. The SMILES string of the molecule is CCN(CC(=O)NC(C)C)C(=O)c1ccc(S(=O)(=O)N2CCCCC2)o1. The van der Waals surface area contributed by atoms with Crippen molar-refractivity contribution in [3.8, 4) is 0 Å². The number of hydrogen-bond donors (Lipinski definition) is 1. The van der Waals surface area contributed by atoms with Gasteiger partial charge in [0.1, 0.15) is 0 Å². The fraction of sp³-hybridized carbons (Fsp3) is 0.647. The lowest BCUT2D eigenvalue weighted by molar-refractivity contribution is -0.122. The van der Waals surface area contributed by atoms with E-state index in [2.05, 4.69) is 5.32 Å². The molecule has 146 valence electrons. The predicted octanol–water partition coefficient (Wildman–Crippen LogP) is 1.44. The number of furan rings is 1. The second-order valence-electron chi connectivity index (χ2n) is 6.62. The van der Waals surface area contributed by atoms with E-state index < -0.39 is 15.9 Å². The van der Waals surface area contributed by atoms with Crippen LogP contribution in [0.1, 0.15) is 50.6 Å². The summed E-state index contributed by atoms with van der Waals surface area (Å²) in [6.45, 7) is 6.53. The molecule has 1 saturated heterocycles. The third-order valence-electron chi connectivity index (χ3n) is 4.15. The predicted molar refractivity (Wildman–Crippen MR) is 96.2 cm³/mol. The van der Waals surface area contributed by atoms with E-state index in [9.17, 15) is 18.0 Å². The molecule has 0 bridgehead atoms. The van der Waals surface area contributed by atoms with E-state index in [0.29, 0.717) is 19.6 Å². The van der Waals surface area contributed by atoms with Crippen molar-refractivity contribution in [3.63, 3.8) is 0 Å². The molecule has 0 radical (unpaired) electrons. The number of amides is 2. The maximum atomic E-state index is 12.6. The molecule has 2 rings (SSSR count). The van der Waals surface area contributed by atoms with Gasteiger partial charge in [0.15, 0.2) is 5.76 Å². The van der Waals surface area contributed by atoms with Crippen LogP contribution in [0.5, 0.6) is 0 Å². The number of carbonyl (C=O) groups excluding carboxylic acids is 2. The summed E-state index contributed by atoms with van der Waals surface area (Å²) >= 11 is 0. The van der Waals surface area contributed by atoms with E-state index in [4.69, 9.17) is 4.42 Å². The minimum atomic E-state index is -3.73. The lowest BCUT2D eigenvalue weighted by Gasteiger charge is -2.24. The highest BCUT2D eigenvalue weighted by molar-refractivity contribution is 7.89. The molecule has 8 nitrogen and oxygen atoms in total. The molecule has 1 fully saturated rings. The molecule has 0 spiro atoms. The number of nitrogens with one attached hydrogen (secondary N) is 1. The molecule has 1 N–H and O–H groups in total. The molecule has 0 saturated carbocycles. The van der Waals surface area contributed by atoms with Gasteiger partial charge in [-0.1, -0.05) is 6.42 Å². The smallest absolute Gasteiger partial charge is 0.290 e. The van der Waals surface area contributed by atoms with E-state index in [-0.39, 0.29) is 29.3 Å². The van der Waals surface area contributed by atoms with E-state index in [1.54, 1.807) is 6.92 Å². The van der Waals surface area contributed by atoms with Crippen LogP contribution in [0.15, 0.2) is 21.6 Å². The average Bonchev–Trinajstić information content (AvgIpc) is 3.10. The van der Waals surface area contributed by atoms with E-state index >= 15 is 0 Å². The molecule has 1 aliphatic rings. The summed E-state index contributed by atoms with van der Waals surface area (Å²) in [5.41, 5.74) is 0. The highest BCUT2D eigenvalue weighted by Gasteiger charge is 2.30. The van der Waals surface area contributed by atoms with E-state index in [1.165, 1.54) is 21.3 Å². The Bertz CT molecular complexity index is 735. The average molecular weight is 385 g/mol. The van der Waals surface area contributed by atoms with Crippen molar-refractivity contribution >= 4 is 21.8 Å². The first kappa shape index (κ1) is 20.4. The third-order valence-corrected chi connectivity index (χ3v) is 5.93. The lowest BCUT2D eigenvalue weighted by atomic mass is 10.2. The molecule has 0 unspecified atom stereocenters. The topological polar surface area (TPSA) is 99.9 Å². The number of hydrogen-bond acceptors (Lipinski definition) is 5. The molecule has 2 heterocycles. The van der Waals surface area contributed by atoms with Crippen molar-refractivity contribution in [1.29, 1.82) is 0 Å². The quantitative estimate of drug-likeness (QED) is 0.765. The molecule has 0 atom stereocenters. The van der Waals surface area contributed by atoms with Gasteiger partial charge in [-0.25, -0.2) is 8.42 Å². The van der Waals surface area contributed by atoms with Crippen molar-refractivity contribution in [1.82, 2.24) is 14.5 Å². The summed E-state index contributed by atoms with van der Waals surface area (Å²) in [5.74, 6) is -0.866. The maximum Gasteiger partial charge on any atom is 0.290 e. The molecule has 1 aromatic heterocycles. The number of piperidine rings is 1. The Morgan fingerprint density at radius 2 is 1.88 bits per heavy atom. The van der Waals surface area contributed by atoms with Crippen molar-refractivity contribution in [2.45, 2.75) is 51.2 Å². The zero-order chi connectivity index (χ0) is 19.3. The summed E-state index contributed by atoms with van der Waals surface area (Å²) in [5, 5.41) is 2.49. The number of nitrogens with zero attached hydrogens (tertiary/aromatic N) is 2. The van der Waals surface area contributed by atoms with E-state index in [1.807, 2.05) is 13.8 Å². The normalized spacial score (nSPS) is 15.8. The zero-order valence-corrected chi connectivity index (χ0v) is 16.3. The Morgan fingerprint density at radius 3 is 2.46 bits per heavy atom. The molecule has 0 aromatic carbocycles. The van der Waals surface area contributed by atoms with Crippen molar-refractivity contribution in [2.75, 3.05) is 26.2 Å². The van der Waals surface area contributed by atoms with Crippen LogP contribution in [0.4, 0.5) is 0 Å². The summed E-state index contributed by atoms with van der Waals surface area (Å²) < 4.78 is 32.0. The summed E-state index contributed by atoms with van der Waals surface area (Å²) in [6, 6.07) is 2.63. The number of rotatable bonds is 7. The second-order valence-corrected chi connectivity index (χ2v) is 8.49. The van der Waals surface area contributed by atoms with Gasteiger partial charge in [-0.3, -0.25) is 9.59 Å². The van der Waals surface area contributed by atoms with Crippen LogP contribution < -0.4 is 5.32 Å². The van der Waals surface area contributed by atoms with Crippen LogP contribution in [0.2, 0.25) is 0 Å². The van der Waals surface area contributed by atoms with Crippen LogP contribution >= 0.6 is 0 Å². The van der Waals surface area contributed by atoms with Gasteiger partial charge in [-0.2, -0.15) is 4.31 Å². The minimum Gasteiger partial charge on any atom is -0.438 e. The van der Waals surface area contributed by atoms with Crippen LogP contribution in [0, 0.1) is 0 Å². The number of carbonyl (C=O) groups is 2. The number of likely N-dealkylation sites (N-methyl/N-ethyl adjacent to an activating group) is 1. The molecule has 9 heteroatoms. The standard InChI is InChI=1S/C17H27N3O5S/c1-4-19(12-15(21)18-13(2)3)17(22)14-8-9-16(25-14)26(23,24)20-10-6-5-7-11-20/h8-9,13H,4-7,10-12H2,1-3H3,(H,18,21). The Balaban J connectivity index is 2.11. The van der Waals surface area contributed by atoms with Gasteiger partial charge >= 0.3 is 0 Å². The largest absolute Gasteiger partial charge is 0.438 e. The van der Waals surface area contributed by atoms with Crippen molar-refractivity contribution in [2.24, 2.45) is 0 Å². The van der Waals surface area contributed by atoms with Crippen LogP contribution in [0.3, 0.4) is 0 Å². The van der Waals surface area contributed by atoms with Crippen molar-refractivity contribution in [3.05, 3.63) is 17.9 Å². The molecular formula is C17H27N3O5S. The fourth-order valence-electron chi connectivity index (χ4n) is 2.83. The first-order valence-corrected chi connectivity index (χ1v) is 10.4. The van der Waals surface area contributed by atoms with Gasteiger partial charge in [0, 0.05) is 25.7 Å². The highest BCUT2D eigenvalue weighted by atomic mass is 32.2. The fourth-order valence-corrected chi connectivity index (χ4v) is 4.26. The van der Waals surface area contributed by atoms with Gasteiger partial charge < -0.3 is 14.6 Å². The van der Waals surface area contributed by atoms with Crippen molar-refractivity contribution < 1.29 is 22.4 Å². The maximum absolute atomic E-state index is 12.6. The highest BCUT2D eigenvalue weighted by Crippen LogP contribution is 2.23. The Morgan fingerprint density at radius 1 is 1.23 bits per heavy atom. The summed E-state index contributed by atoms with van der Waals surface area (Å²) in [7, 11) is -3.73. The van der Waals surface area contributed by atoms with Gasteiger partial charge in [-0.15, -0.1) is 0 Å². The first-order chi connectivity index (χ1) is 12.3. The van der Waals surface area contributed by atoms with Gasteiger partial charge in [0.05, 0.1) is 6.54 Å². The molecule has 0 aliphatic carbocycles. The molecule has 1 aliphatic heterocycles. The monoisotopic (exact) mass is 385 g/mol. The third kappa shape index (κ3) is 4.85. The molecule has 26 heavy (non-hydrogen) atoms. The summed E-state index contributed by atoms with van der Waals surface area (Å²) in [6.07, 6.45) is 2.65. The Labute approximate surface area is 154 Å². The van der Waals surface area contributed by atoms with E-state index in [0.717, 1.165) is 19.3 Å². The molecular weight excluding hydrogens is 358 g/mol. The van der Waals surface area contributed by atoms with Crippen LogP contribution in [-0.2, 0) is 14.8 Å². The Hall–Kier alpha value is -1.87. The number of sulfonamides is 1. The van der Waals surface area contributed by atoms with Gasteiger partial charge in [0.2, 0.25) is 11.0 Å². The zero-order valence-electron chi connectivity index (χ0n) is 15.5. The first-order valence-electron chi connectivity index (χ1n) is 8.94. The second kappa shape index (κ2) is 8.68. The van der Waals surface area contributed by atoms with Crippen LogP contribution in [0.25, 0.3) is 0 Å². The molecule has 1 aromatic rings. The van der Waals surface area contributed by atoms with Gasteiger partial charge in [-0.05, 0) is 45.7 Å². The van der Waals surface area contributed by atoms with Crippen LogP contribution in [-0.4, -0.2) is 61.7 Å². The Kier molecular flexibility index (Phi) is 6.82. The van der Waals surface area contributed by atoms with Gasteiger partial charge in [0.25, 0.3) is 15.9 Å². The lowest BCUT2D eigenvalue weighted by Crippen LogP contribution is -2.42.